The van der Waals surface area contributed by atoms with Crippen LogP contribution in [-0.2, 0) is 4.79 Å². The first-order valence-corrected chi connectivity index (χ1v) is 6.87. The Morgan fingerprint density at radius 1 is 1.24 bits per heavy atom. The average Bonchev–Trinajstić information content (AvgIpc) is 2.44. The van der Waals surface area contributed by atoms with E-state index in [9.17, 15) is 18.4 Å². The predicted molar refractivity (Wildman–Crippen MR) is 75.4 cm³/mol. The van der Waals surface area contributed by atoms with Gasteiger partial charge in [0.05, 0.1) is 18.8 Å². The molecule has 0 atom stereocenters. The maximum Gasteiger partial charge on any atom is 0.319 e. The van der Waals surface area contributed by atoms with Crippen LogP contribution in [0.25, 0.3) is 0 Å². The number of hydrogen-bond acceptors (Lipinski definition) is 4. The molecule has 6 nitrogen and oxygen atoms in total. The van der Waals surface area contributed by atoms with Gasteiger partial charge in [-0.15, -0.1) is 0 Å². The van der Waals surface area contributed by atoms with E-state index in [1.165, 1.54) is 12.1 Å². The lowest BCUT2D eigenvalue weighted by Crippen LogP contribution is -2.39. The summed E-state index contributed by atoms with van der Waals surface area (Å²) < 4.78 is 24.7. The van der Waals surface area contributed by atoms with Crippen LogP contribution in [0, 0.1) is 0 Å². The van der Waals surface area contributed by atoms with Gasteiger partial charge >= 0.3 is 6.03 Å². The second kappa shape index (κ2) is 9.14. The van der Waals surface area contributed by atoms with Gasteiger partial charge in [0.1, 0.15) is 0 Å². The van der Waals surface area contributed by atoms with Crippen LogP contribution >= 0.6 is 11.8 Å². The van der Waals surface area contributed by atoms with E-state index in [0.717, 1.165) is 0 Å². The Kier molecular flexibility index (Phi) is 7.48. The van der Waals surface area contributed by atoms with Crippen LogP contribution in [0.2, 0.25) is 0 Å². The quantitative estimate of drug-likeness (QED) is 0.569. The van der Waals surface area contributed by atoms with Gasteiger partial charge in [0, 0.05) is 11.4 Å². The molecule has 4 N–H and O–H groups in total. The highest BCUT2D eigenvalue weighted by molar-refractivity contribution is 7.99. The Hall–Kier alpha value is -1.87. The minimum atomic E-state index is -2.60. The van der Waals surface area contributed by atoms with Gasteiger partial charge in [0.25, 0.3) is 5.76 Å². The molecule has 9 heteroatoms. The standard InChI is InChI=1S/C12H15F2N3O3S/c13-11(14)21-9-4-2-1-3-8(9)17-12(20)16-7-10(19)15-5-6-18/h1-4,11,18H,5-7H2,(H,15,19)(H2,16,17,20). The molecule has 0 saturated heterocycles. The first kappa shape index (κ1) is 17.2. The van der Waals surface area contributed by atoms with E-state index in [4.69, 9.17) is 5.11 Å². The van der Waals surface area contributed by atoms with Crippen LogP contribution in [0.5, 0.6) is 0 Å². The number of benzene rings is 1. The van der Waals surface area contributed by atoms with Crippen molar-refractivity contribution < 1.29 is 23.5 Å². The predicted octanol–water partition coefficient (Wildman–Crippen LogP) is 1.23. The Balaban J connectivity index is 2.49. The zero-order chi connectivity index (χ0) is 15.7. The molecule has 0 heterocycles. The molecule has 0 unspecified atom stereocenters. The summed E-state index contributed by atoms with van der Waals surface area (Å²) in [6, 6.07) is 5.43. The number of urea groups is 1. The van der Waals surface area contributed by atoms with Crippen molar-refractivity contribution in [1.29, 1.82) is 0 Å². The number of alkyl halides is 2. The summed E-state index contributed by atoms with van der Waals surface area (Å²) in [4.78, 5) is 23.0. The third kappa shape index (κ3) is 6.91. The fourth-order valence-electron chi connectivity index (χ4n) is 1.35. The number of amides is 3. The summed E-state index contributed by atoms with van der Waals surface area (Å²) >= 11 is 0.320. The van der Waals surface area contributed by atoms with Gasteiger partial charge in [-0.05, 0) is 12.1 Å². The maximum absolute atomic E-state index is 12.4. The molecule has 21 heavy (non-hydrogen) atoms. The molecule has 3 amide bonds. The number of halogens is 2. The lowest BCUT2D eigenvalue weighted by Gasteiger charge is -2.11. The maximum atomic E-state index is 12.4. The number of anilines is 1. The van der Waals surface area contributed by atoms with Gasteiger partial charge in [-0.2, -0.15) is 8.78 Å². The second-order valence-electron chi connectivity index (χ2n) is 3.76. The summed E-state index contributed by atoms with van der Waals surface area (Å²) in [5.74, 6) is -3.06. The largest absolute Gasteiger partial charge is 0.395 e. The molecule has 0 aliphatic rings. The van der Waals surface area contributed by atoms with Crippen LogP contribution < -0.4 is 16.0 Å². The van der Waals surface area contributed by atoms with E-state index in [2.05, 4.69) is 16.0 Å². The van der Waals surface area contributed by atoms with E-state index < -0.39 is 17.7 Å². The van der Waals surface area contributed by atoms with Gasteiger partial charge in [-0.1, -0.05) is 23.9 Å². The zero-order valence-corrected chi connectivity index (χ0v) is 11.8. The normalized spacial score (nSPS) is 10.3. The number of hydrogen-bond donors (Lipinski definition) is 4. The van der Waals surface area contributed by atoms with Crippen LogP contribution in [0.3, 0.4) is 0 Å². The molecule has 0 radical (unpaired) electrons. The fraction of sp³-hybridized carbons (Fsp3) is 0.333. The number of aliphatic hydroxyl groups is 1. The lowest BCUT2D eigenvalue weighted by molar-refractivity contribution is -0.120. The third-order valence-corrected chi connectivity index (χ3v) is 2.98. The smallest absolute Gasteiger partial charge is 0.319 e. The average molecular weight is 319 g/mol. The highest BCUT2D eigenvalue weighted by Gasteiger charge is 2.12. The molecule has 0 spiro atoms. The molecule has 0 aliphatic heterocycles. The van der Waals surface area contributed by atoms with Crippen molar-refractivity contribution >= 4 is 29.4 Å². The van der Waals surface area contributed by atoms with Crippen molar-refractivity contribution in [2.45, 2.75) is 10.7 Å². The number of rotatable bonds is 7. The first-order chi connectivity index (χ1) is 10.0. The van der Waals surface area contributed by atoms with Crippen molar-refractivity contribution in [2.24, 2.45) is 0 Å². The summed E-state index contributed by atoms with van der Waals surface area (Å²) in [5, 5.41) is 15.5. The van der Waals surface area contributed by atoms with E-state index in [1.54, 1.807) is 12.1 Å². The van der Waals surface area contributed by atoms with Gasteiger partial charge in [-0.25, -0.2) is 4.79 Å². The Bertz CT molecular complexity index is 489. The van der Waals surface area contributed by atoms with Crippen molar-refractivity contribution in [1.82, 2.24) is 10.6 Å². The van der Waals surface area contributed by atoms with Crippen LogP contribution in [0.1, 0.15) is 0 Å². The minimum absolute atomic E-state index is 0.0932. The molecular formula is C12H15F2N3O3S. The SMILES string of the molecule is O=C(CNC(=O)Nc1ccccc1SC(F)F)NCCO. The number of thioether (sulfide) groups is 1. The van der Waals surface area contributed by atoms with Crippen molar-refractivity contribution in [3.05, 3.63) is 24.3 Å². The van der Waals surface area contributed by atoms with Crippen LogP contribution in [0.15, 0.2) is 29.2 Å². The summed E-state index contributed by atoms with van der Waals surface area (Å²) in [6.07, 6.45) is 0. The number of nitrogens with one attached hydrogen (secondary N) is 3. The number of carbonyl (C=O) groups is 2. The molecular weight excluding hydrogens is 304 g/mol. The number of carbonyl (C=O) groups excluding carboxylic acids is 2. The summed E-state index contributed by atoms with van der Waals surface area (Å²) in [7, 11) is 0. The number of aliphatic hydroxyl groups excluding tert-OH is 1. The third-order valence-electron chi connectivity index (χ3n) is 2.19. The molecule has 0 bridgehead atoms. The van der Waals surface area contributed by atoms with Gasteiger partial charge in [0.2, 0.25) is 5.91 Å². The van der Waals surface area contributed by atoms with E-state index in [1.807, 2.05) is 0 Å². The highest BCUT2D eigenvalue weighted by atomic mass is 32.2. The second-order valence-corrected chi connectivity index (χ2v) is 4.79. The minimum Gasteiger partial charge on any atom is -0.395 e. The molecule has 0 fully saturated rings. The van der Waals surface area contributed by atoms with Crippen LogP contribution in [-0.4, -0.2) is 42.5 Å². The molecule has 0 aliphatic carbocycles. The van der Waals surface area contributed by atoms with Crippen molar-refractivity contribution in [3.63, 3.8) is 0 Å². The first-order valence-electron chi connectivity index (χ1n) is 5.99. The molecule has 1 aromatic carbocycles. The molecule has 116 valence electrons. The Morgan fingerprint density at radius 2 is 1.95 bits per heavy atom. The summed E-state index contributed by atoms with van der Waals surface area (Å²) in [6.45, 7) is -0.387. The molecule has 0 aromatic heterocycles. The van der Waals surface area contributed by atoms with Gasteiger partial charge in [0.15, 0.2) is 0 Å². The van der Waals surface area contributed by atoms with Gasteiger partial charge in [-0.3, -0.25) is 4.79 Å². The molecule has 0 saturated carbocycles. The Labute approximate surface area is 124 Å². The summed E-state index contributed by atoms with van der Waals surface area (Å²) in [5.41, 5.74) is 0.232. The number of para-hydroxylation sites is 1. The zero-order valence-electron chi connectivity index (χ0n) is 10.9. The lowest BCUT2D eigenvalue weighted by atomic mass is 10.3. The fourth-order valence-corrected chi connectivity index (χ4v) is 1.95. The van der Waals surface area contributed by atoms with Crippen LogP contribution in [0.4, 0.5) is 19.3 Å². The van der Waals surface area contributed by atoms with E-state index in [-0.39, 0.29) is 30.3 Å². The molecule has 1 rings (SSSR count). The van der Waals surface area contributed by atoms with E-state index >= 15 is 0 Å². The monoisotopic (exact) mass is 319 g/mol. The van der Waals surface area contributed by atoms with E-state index in [0.29, 0.717) is 11.8 Å². The highest BCUT2D eigenvalue weighted by Crippen LogP contribution is 2.31. The Morgan fingerprint density at radius 3 is 2.62 bits per heavy atom. The molecule has 1 aromatic rings. The topological polar surface area (TPSA) is 90.5 Å². The van der Waals surface area contributed by atoms with Gasteiger partial charge < -0.3 is 21.1 Å². The van der Waals surface area contributed by atoms with Crippen molar-refractivity contribution in [2.75, 3.05) is 25.0 Å². The van der Waals surface area contributed by atoms with Crippen molar-refractivity contribution in [3.8, 4) is 0 Å².